The molecule has 11 nitrogen and oxygen atoms in total. The van der Waals surface area contributed by atoms with Gasteiger partial charge in [0.05, 0.1) is 11.9 Å². The molecule has 2 aliphatic heterocycles. The number of methoxy groups -OCH3 is 1. The topological polar surface area (TPSA) is 151 Å². The van der Waals surface area contributed by atoms with E-state index >= 15 is 0 Å². The molecule has 2 rings (SSSR count). The summed E-state index contributed by atoms with van der Waals surface area (Å²) in [6.45, 7) is 6.58. The van der Waals surface area contributed by atoms with Gasteiger partial charge in [-0.15, -0.1) is 11.6 Å². The van der Waals surface area contributed by atoms with Gasteiger partial charge in [-0.25, -0.2) is 0 Å². The molecule has 5 atom stereocenters. The second-order valence-corrected chi connectivity index (χ2v) is 9.45. The summed E-state index contributed by atoms with van der Waals surface area (Å²) in [5, 5.41) is 7.56. The molecular formula is C22H33ClN4O7. The lowest BCUT2D eigenvalue weighted by Crippen LogP contribution is -2.68. The van der Waals surface area contributed by atoms with Crippen molar-refractivity contribution in [1.82, 2.24) is 20.9 Å². The largest absolute Gasteiger partial charge is 0.371 e. The Morgan fingerprint density at radius 2 is 1.85 bits per heavy atom. The summed E-state index contributed by atoms with van der Waals surface area (Å²) in [6, 6.07) is -2.63. The van der Waals surface area contributed by atoms with E-state index in [0.29, 0.717) is 19.4 Å². The van der Waals surface area contributed by atoms with Gasteiger partial charge in [-0.2, -0.15) is 0 Å². The van der Waals surface area contributed by atoms with E-state index in [0.717, 1.165) is 0 Å². The summed E-state index contributed by atoms with van der Waals surface area (Å²) in [5.74, 6) is -3.67. The van der Waals surface area contributed by atoms with Crippen LogP contribution in [0.5, 0.6) is 0 Å². The molecule has 3 N–H and O–H groups in total. The Hall–Kier alpha value is -2.53. The number of rotatable bonds is 9. The van der Waals surface area contributed by atoms with Crippen LogP contribution in [-0.4, -0.2) is 89.4 Å². The molecule has 4 amide bonds. The summed E-state index contributed by atoms with van der Waals surface area (Å²) in [5.41, 5.74) is -1.84. The van der Waals surface area contributed by atoms with Crippen LogP contribution in [-0.2, 0) is 33.5 Å². The number of amides is 4. The molecule has 1 unspecified atom stereocenters. The van der Waals surface area contributed by atoms with E-state index in [9.17, 15) is 28.8 Å². The number of alkyl halides is 1. The van der Waals surface area contributed by atoms with Gasteiger partial charge in [-0.05, 0) is 32.6 Å². The van der Waals surface area contributed by atoms with E-state index in [2.05, 4.69) is 16.0 Å². The fraction of sp³-hybridized carbons (Fsp3) is 0.727. The summed E-state index contributed by atoms with van der Waals surface area (Å²) < 4.78 is 4.94. The van der Waals surface area contributed by atoms with Crippen molar-refractivity contribution in [2.24, 2.45) is 5.92 Å². The minimum Gasteiger partial charge on any atom is -0.371 e. The molecule has 0 saturated carbocycles. The van der Waals surface area contributed by atoms with Crippen LogP contribution in [0.2, 0.25) is 0 Å². The first-order chi connectivity index (χ1) is 15.9. The molecule has 34 heavy (non-hydrogen) atoms. The van der Waals surface area contributed by atoms with Gasteiger partial charge in [0.25, 0.3) is 11.8 Å². The molecule has 0 spiro atoms. The highest BCUT2D eigenvalue weighted by molar-refractivity contribution is 6.28. The number of piperidine rings is 1. The van der Waals surface area contributed by atoms with Crippen LogP contribution in [0, 0.1) is 5.92 Å². The Labute approximate surface area is 203 Å². The molecule has 0 radical (unpaired) electrons. The van der Waals surface area contributed by atoms with Gasteiger partial charge in [-0.3, -0.25) is 28.8 Å². The third kappa shape index (κ3) is 5.75. The van der Waals surface area contributed by atoms with Crippen molar-refractivity contribution in [2.45, 2.75) is 76.7 Å². The van der Waals surface area contributed by atoms with Crippen LogP contribution in [0.4, 0.5) is 0 Å². The van der Waals surface area contributed by atoms with E-state index in [1.807, 2.05) is 0 Å². The van der Waals surface area contributed by atoms with E-state index in [1.54, 1.807) is 13.8 Å². The van der Waals surface area contributed by atoms with Crippen molar-refractivity contribution < 1.29 is 33.5 Å². The third-order valence-corrected chi connectivity index (χ3v) is 6.60. The van der Waals surface area contributed by atoms with Gasteiger partial charge >= 0.3 is 0 Å². The maximum atomic E-state index is 13.1. The normalized spacial score (nSPS) is 26.6. The first-order valence-corrected chi connectivity index (χ1v) is 11.8. The number of hydrogen-bond acceptors (Lipinski definition) is 7. The van der Waals surface area contributed by atoms with Crippen molar-refractivity contribution >= 4 is 46.8 Å². The lowest BCUT2D eigenvalue weighted by atomic mass is 9.86. The van der Waals surface area contributed by atoms with E-state index in [-0.39, 0.29) is 24.0 Å². The molecule has 0 aliphatic carbocycles. The first kappa shape index (κ1) is 27.7. The Bertz CT molecular complexity index is 864. The zero-order valence-electron chi connectivity index (χ0n) is 20.1. The molecule has 2 aliphatic rings. The molecule has 2 fully saturated rings. The minimum absolute atomic E-state index is 0.180. The number of nitrogens with zero attached hydrogens (tertiary/aromatic N) is 1. The molecule has 2 heterocycles. The third-order valence-electron chi connectivity index (χ3n) is 6.33. The maximum Gasteiger partial charge on any atom is 0.253 e. The van der Waals surface area contributed by atoms with Crippen LogP contribution < -0.4 is 16.0 Å². The fourth-order valence-electron chi connectivity index (χ4n) is 4.14. The lowest BCUT2D eigenvalue weighted by Gasteiger charge is -2.36. The van der Waals surface area contributed by atoms with E-state index < -0.39 is 59.2 Å². The molecule has 0 aromatic heterocycles. The van der Waals surface area contributed by atoms with Gasteiger partial charge in [0.2, 0.25) is 11.8 Å². The zero-order chi connectivity index (χ0) is 25.8. The number of ketones is 2. The van der Waals surface area contributed by atoms with Crippen LogP contribution in [0.25, 0.3) is 0 Å². The Kier molecular flexibility index (Phi) is 9.18. The second kappa shape index (κ2) is 11.3. The predicted octanol–water partition coefficient (Wildman–Crippen LogP) is -0.706. The number of nitrogens with one attached hydrogen (secondary N) is 3. The Morgan fingerprint density at radius 1 is 1.21 bits per heavy atom. The van der Waals surface area contributed by atoms with Crippen LogP contribution in [0.1, 0.15) is 47.0 Å². The smallest absolute Gasteiger partial charge is 0.253 e. The molecule has 0 aromatic carbocycles. The number of ether oxygens (including phenoxy) is 1. The average Bonchev–Trinajstić information content (AvgIpc) is 3.28. The summed E-state index contributed by atoms with van der Waals surface area (Å²) in [4.78, 5) is 76.9. The molecule has 0 bridgehead atoms. The summed E-state index contributed by atoms with van der Waals surface area (Å²) >= 11 is 5.65. The van der Waals surface area contributed by atoms with Crippen molar-refractivity contribution in [1.29, 1.82) is 0 Å². The molecular weight excluding hydrogens is 468 g/mol. The number of halogens is 1. The van der Waals surface area contributed by atoms with Gasteiger partial charge in [0, 0.05) is 20.1 Å². The highest BCUT2D eigenvalue weighted by atomic mass is 35.5. The number of Topliss-reactive ketones (excluding diaryl/α,β-unsaturated/α-hetero) is 2. The van der Waals surface area contributed by atoms with Gasteiger partial charge in [0.1, 0.15) is 18.2 Å². The number of carbonyl (C=O) groups is 6. The number of likely N-dealkylation sites (tertiary alicyclic amines) is 1. The van der Waals surface area contributed by atoms with Gasteiger partial charge in [-0.1, -0.05) is 13.8 Å². The van der Waals surface area contributed by atoms with Crippen LogP contribution in [0.3, 0.4) is 0 Å². The molecule has 2 saturated heterocycles. The quantitative estimate of drug-likeness (QED) is 0.279. The summed E-state index contributed by atoms with van der Waals surface area (Å²) in [6.07, 6.45) is -0.258. The molecule has 0 aromatic rings. The Balaban J connectivity index is 2.07. The molecule has 12 heteroatoms. The minimum atomic E-state index is -1.84. The van der Waals surface area contributed by atoms with E-state index in [4.69, 9.17) is 16.3 Å². The average molecular weight is 501 g/mol. The number of hydrogen-bond donors (Lipinski definition) is 3. The van der Waals surface area contributed by atoms with Gasteiger partial charge < -0.3 is 25.6 Å². The standard InChI is InChI=1S/C22H33ClN4O7/c1-11(2)17(14(28)10-23)25-18(30)13-7-6-8-27(13)20(32)12(3)24-21(33)22(4)16(29)9-15(34-5)19(31)26-22/h11-13,15,17H,6-10H2,1-5H3,(H,24,33)(H,25,30)(H,26,31)/t12-,13-,15?,17-,22+/m0/s1. The second-order valence-electron chi connectivity index (χ2n) is 9.18. The first-order valence-electron chi connectivity index (χ1n) is 11.3. The maximum absolute atomic E-state index is 13.1. The number of carbonyl (C=O) groups excluding carboxylic acids is 6. The van der Waals surface area contributed by atoms with Crippen LogP contribution in [0.15, 0.2) is 0 Å². The van der Waals surface area contributed by atoms with Crippen molar-refractivity contribution in [3.8, 4) is 0 Å². The zero-order valence-corrected chi connectivity index (χ0v) is 20.9. The lowest BCUT2D eigenvalue weighted by molar-refractivity contribution is -0.153. The SMILES string of the molecule is COC1CC(=O)[C@](C)(C(=O)N[C@@H](C)C(=O)N2CCC[C@H]2C(=O)N[C@H](C(=O)CCl)C(C)C)NC1=O. The van der Waals surface area contributed by atoms with E-state index in [1.165, 1.54) is 25.9 Å². The van der Waals surface area contributed by atoms with Crippen molar-refractivity contribution in [3.05, 3.63) is 0 Å². The fourth-order valence-corrected chi connectivity index (χ4v) is 4.31. The van der Waals surface area contributed by atoms with Crippen LogP contribution >= 0.6 is 11.6 Å². The monoisotopic (exact) mass is 500 g/mol. The molecule has 190 valence electrons. The Morgan fingerprint density at radius 3 is 2.41 bits per heavy atom. The predicted molar refractivity (Wildman–Crippen MR) is 122 cm³/mol. The summed E-state index contributed by atoms with van der Waals surface area (Å²) in [7, 11) is 1.29. The highest BCUT2D eigenvalue weighted by Gasteiger charge is 2.49. The van der Waals surface area contributed by atoms with Crippen molar-refractivity contribution in [2.75, 3.05) is 19.5 Å². The highest BCUT2D eigenvalue weighted by Crippen LogP contribution is 2.21. The van der Waals surface area contributed by atoms with Crippen molar-refractivity contribution in [3.63, 3.8) is 0 Å². The van der Waals surface area contributed by atoms with Gasteiger partial charge in [0.15, 0.2) is 17.1 Å².